The van der Waals surface area contributed by atoms with Gasteiger partial charge in [0.25, 0.3) is 0 Å². The van der Waals surface area contributed by atoms with Gasteiger partial charge in [-0.05, 0) is 36.8 Å². The van der Waals surface area contributed by atoms with Crippen LogP contribution in [0.5, 0.6) is 0 Å². The van der Waals surface area contributed by atoms with E-state index in [0.717, 1.165) is 11.9 Å². The first-order valence-electron chi connectivity index (χ1n) is 8.25. The first kappa shape index (κ1) is 20.0. The van der Waals surface area contributed by atoms with Gasteiger partial charge in [0, 0.05) is 25.6 Å². The molecule has 27 heavy (non-hydrogen) atoms. The molecule has 0 bridgehead atoms. The van der Waals surface area contributed by atoms with Crippen molar-refractivity contribution in [2.45, 2.75) is 19.7 Å². The van der Waals surface area contributed by atoms with Crippen LogP contribution < -0.4 is 16.1 Å². The second-order valence-corrected chi connectivity index (χ2v) is 5.68. The molecule has 1 heterocycles. The summed E-state index contributed by atoms with van der Waals surface area (Å²) in [6.45, 7) is 5.23. The molecule has 0 fully saturated rings. The van der Waals surface area contributed by atoms with E-state index >= 15 is 0 Å². The van der Waals surface area contributed by atoms with Crippen LogP contribution in [0.1, 0.15) is 18.1 Å². The number of hydrazone groups is 1. The minimum absolute atomic E-state index is 0.0524. The van der Waals surface area contributed by atoms with Gasteiger partial charge in [-0.25, -0.2) is 15.1 Å². The Morgan fingerprint density at radius 3 is 2.67 bits per heavy atom. The molecule has 0 radical (unpaired) electrons. The summed E-state index contributed by atoms with van der Waals surface area (Å²) in [5.41, 5.74) is 11.1. The molecular formula is C18H24N8O. The van der Waals surface area contributed by atoms with E-state index in [1.807, 2.05) is 6.92 Å². The van der Waals surface area contributed by atoms with Crippen LogP contribution in [0.2, 0.25) is 0 Å². The van der Waals surface area contributed by atoms with Gasteiger partial charge in [-0.3, -0.25) is 10.3 Å². The molecule has 2 rings (SSSR count). The van der Waals surface area contributed by atoms with E-state index < -0.39 is 0 Å². The molecular weight excluding hydrogens is 344 g/mol. The van der Waals surface area contributed by atoms with Gasteiger partial charge in [0.2, 0.25) is 0 Å². The molecule has 0 saturated heterocycles. The van der Waals surface area contributed by atoms with Gasteiger partial charge in [-0.15, -0.1) is 0 Å². The number of aliphatic imine (C=N–C) groups is 1. The standard InChI is InChI=1S/C18H24N8O/c1-13(24-25(3)21-2)23-18(16-5-4-10-22-17(16)20)26(12-19)15-8-6-14(11-27)7-9-15/h4-10,12-13,19,24,27H,2,11H2,1,3H3,(H2,20,22)/t13-/m0/s1. The van der Waals surface area contributed by atoms with E-state index in [2.05, 4.69) is 27.2 Å². The zero-order valence-corrected chi connectivity index (χ0v) is 15.4. The topological polar surface area (TPSA) is 126 Å². The number of pyridine rings is 1. The Morgan fingerprint density at radius 1 is 1.41 bits per heavy atom. The number of hydrogen-bond acceptors (Lipinski definition) is 8. The number of hydrogen-bond donors (Lipinski definition) is 4. The maximum atomic E-state index is 9.24. The molecule has 1 aromatic heterocycles. The molecule has 9 heteroatoms. The Kier molecular flexibility index (Phi) is 6.98. The molecule has 0 aliphatic rings. The first-order chi connectivity index (χ1) is 13.0. The normalized spacial score (nSPS) is 12.3. The maximum Gasteiger partial charge on any atom is 0.146 e. The predicted octanol–water partition coefficient (Wildman–Crippen LogP) is 1.41. The zero-order valence-electron chi connectivity index (χ0n) is 15.4. The molecule has 2 aromatic rings. The third kappa shape index (κ3) is 5.09. The fourth-order valence-electron chi connectivity index (χ4n) is 2.41. The smallest absolute Gasteiger partial charge is 0.146 e. The van der Waals surface area contributed by atoms with E-state index in [1.165, 1.54) is 5.12 Å². The number of nitrogens with one attached hydrogen (secondary N) is 2. The summed E-state index contributed by atoms with van der Waals surface area (Å²) in [5, 5.41) is 22.4. The average Bonchev–Trinajstić information content (AvgIpc) is 2.68. The van der Waals surface area contributed by atoms with Crippen LogP contribution in [0.3, 0.4) is 0 Å². The molecule has 1 atom stereocenters. The Hall–Kier alpha value is -3.30. The van der Waals surface area contributed by atoms with Gasteiger partial charge in [0.1, 0.15) is 17.8 Å². The van der Waals surface area contributed by atoms with Crippen molar-refractivity contribution < 1.29 is 5.11 Å². The number of hydrazine groups is 1. The van der Waals surface area contributed by atoms with Crippen LogP contribution in [0.25, 0.3) is 0 Å². The van der Waals surface area contributed by atoms with Crippen molar-refractivity contribution >= 4 is 30.4 Å². The SMILES string of the molecule is C=NN(C)N[C@@H](C)N=C(c1cccnc1N)N(C=N)c1ccc(CO)cc1. The van der Waals surface area contributed by atoms with Crippen molar-refractivity contribution in [3.63, 3.8) is 0 Å². The highest BCUT2D eigenvalue weighted by atomic mass is 16.3. The van der Waals surface area contributed by atoms with E-state index in [0.29, 0.717) is 22.9 Å². The van der Waals surface area contributed by atoms with Gasteiger partial charge in [-0.2, -0.15) is 10.5 Å². The number of aromatic nitrogens is 1. The van der Waals surface area contributed by atoms with Gasteiger partial charge in [-0.1, -0.05) is 12.1 Å². The summed E-state index contributed by atoms with van der Waals surface area (Å²) in [6, 6.07) is 10.7. The zero-order chi connectivity index (χ0) is 19.8. The van der Waals surface area contributed by atoms with Crippen molar-refractivity contribution in [1.29, 1.82) is 5.41 Å². The van der Waals surface area contributed by atoms with Crippen LogP contribution in [0.4, 0.5) is 11.5 Å². The van der Waals surface area contributed by atoms with Crippen molar-refractivity contribution in [3.8, 4) is 0 Å². The highest BCUT2D eigenvalue weighted by Gasteiger charge is 2.18. The Bertz CT molecular complexity index is 805. The molecule has 9 nitrogen and oxygen atoms in total. The lowest BCUT2D eigenvalue weighted by Crippen LogP contribution is -2.39. The van der Waals surface area contributed by atoms with Crippen LogP contribution in [-0.4, -0.2) is 47.3 Å². The lowest BCUT2D eigenvalue weighted by atomic mass is 10.1. The number of nitrogen functional groups attached to an aromatic ring is 1. The number of benzene rings is 1. The average molecular weight is 368 g/mol. The van der Waals surface area contributed by atoms with Crippen LogP contribution in [0, 0.1) is 5.41 Å². The van der Waals surface area contributed by atoms with Gasteiger partial charge in [0.05, 0.1) is 18.5 Å². The Morgan fingerprint density at radius 2 is 2.11 bits per heavy atom. The quantitative estimate of drug-likeness (QED) is 0.317. The van der Waals surface area contributed by atoms with Gasteiger partial charge in [0.15, 0.2) is 0 Å². The summed E-state index contributed by atoms with van der Waals surface area (Å²) in [6.07, 6.45) is 2.37. The van der Waals surface area contributed by atoms with Crippen molar-refractivity contribution in [2.75, 3.05) is 17.7 Å². The minimum Gasteiger partial charge on any atom is -0.392 e. The van der Waals surface area contributed by atoms with Crippen molar-refractivity contribution in [2.24, 2.45) is 10.1 Å². The second kappa shape index (κ2) is 9.41. The van der Waals surface area contributed by atoms with E-state index in [1.54, 1.807) is 54.5 Å². The number of aliphatic hydroxyl groups excluding tert-OH is 1. The summed E-state index contributed by atoms with van der Waals surface area (Å²) >= 11 is 0. The molecule has 5 N–H and O–H groups in total. The summed E-state index contributed by atoms with van der Waals surface area (Å²) in [4.78, 5) is 10.4. The highest BCUT2D eigenvalue weighted by molar-refractivity contribution is 6.20. The molecule has 142 valence electrons. The number of rotatable bonds is 8. The van der Waals surface area contributed by atoms with E-state index in [4.69, 9.17) is 11.1 Å². The lowest BCUT2D eigenvalue weighted by Gasteiger charge is -2.25. The number of nitrogens with zero attached hydrogens (tertiary/aromatic N) is 5. The van der Waals surface area contributed by atoms with Crippen LogP contribution in [-0.2, 0) is 6.61 Å². The third-order valence-corrected chi connectivity index (χ3v) is 3.74. The molecule has 1 aromatic carbocycles. The molecule has 0 unspecified atom stereocenters. The third-order valence-electron chi connectivity index (χ3n) is 3.74. The molecule has 0 amide bonds. The van der Waals surface area contributed by atoms with E-state index in [-0.39, 0.29) is 12.8 Å². The molecule has 0 aliphatic heterocycles. The summed E-state index contributed by atoms with van der Waals surface area (Å²) in [5.74, 6) is 0.752. The van der Waals surface area contributed by atoms with Crippen LogP contribution >= 0.6 is 0 Å². The largest absolute Gasteiger partial charge is 0.392 e. The highest BCUT2D eigenvalue weighted by Crippen LogP contribution is 2.20. The molecule has 0 aliphatic carbocycles. The summed E-state index contributed by atoms with van der Waals surface area (Å²) < 4.78 is 0. The summed E-state index contributed by atoms with van der Waals surface area (Å²) in [7, 11) is 1.71. The van der Waals surface area contributed by atoms with Crippen LogP contribution in [0.15, 0.2) is 52.7 Å². The van der Waals surface area contributed by atoms with E-state index in [9.17, 15) is 5.11 Å². The predicted molar refractivity (Wildman–Crippen MR) is 109 cm³/mol. The Balaban J connectivity index is 2.50. The number of nitrogens with two attached hydrogens (primary N) is 1. The fourth-order valence-corrected chi connectivity index (χ4v) is 2.41. The molecule has 0 saturated carbocycles. The Labute approximate surface area is 158 Å². The maximum absolute atomic E-state index is 9.24. The second-order valence-electron chi connectivity index (χ2n) is 5.68. The first-order valence-corrected chi connectivity index (χ1v) is 8.25. The number of anilines is 2. The lowest BCUT2D eigenvalue weighted by molar-refractivity contribution is 0.218. The molecule has 0 spiro atoms. The van der Waals surface area contributed by atoms with Gasteiger partial charge >= 0.3 is 0 Å². The minimum atomic E-state index is -0.380. The van der Waals surface area contributed by atoms with Crippen molar-refractivity contribution in [3.05, 3.63) is 53.7 Å². The monoisotopic (exact) mass is 368 g/mol. The van der Waals surface area contributed by atoms with Crippen molar-refractivity contribution in [1.82, 2.24) is 15.5 Å². The fraction of sp³-hybridized carbons (Fsp3) is 0.222. The van der Waals surface area contributed by atoms with Gasteiger partial charge < -0.3 is 10.8 Å². The number of amidine groups is 1. The number of aliphatic hydroxyl groups is 1.